The summed E-state index contributed by atoms with van der Waals surface area (Å²) in [5.41, 5.74) is 2.78. The van der Waals surface area contributed by atoms with Gasteiger partial charge in [0.25, 0.3) is 0 Å². The SMILES string of the molecule is CC(Sc1nnc(-c2ccc(Cl)cc2)n1-c1ccccc1)c1nnc(-c2ccccc2)o1. The topological polar surface area (TPSA) is 69.6 Å². The summed E-state index contributed by atoms with van der Waals surface area (Å²) in [5.74, 6) is 1.77. The maximum atomic E-state index is 6.07. The van der Waals surface area contributed by atoms with E-state index in [2.05, 4.69) is 20.4 Å². The fourth-order valence-corrected chi connectivity index (χ4v) is 4.27. The zero-order chi connectivity index (χ0) is 21.9. The van der Waals surface area contributed by atoms with Crippen LogP contribution >= 0.6 is 23.4 Å². The van der Waals surface area contributed by atoms with Crippen molar-refractivity contribution in [3.8, 4) is 28.5 Å². The summed E-state index contributed by atoms with van der Waals surface area (Å²) in [6.07, 6.45) is 0. The average Bonchev–Trinajstić information content (AvgIpc) is 3.49. The van der Waals surface area contributed by atoms with Crippen molar-refractivity contribution >= 4 is 23.4 Å². The van der Waals surface area contributed by atoms with Crippen LogP contribution in [0.25, 0.3) is 28.5 Å². The molecule has 2 heterocycles. The van der Waals surface area contributed by atoms with Crippen LogP contribution in [0.1, 0.15) is 18.1 Å². The van der Waals surface area contributed by atoms with Crippen molar-refractivity contribution in [1.82, 2.24) is 25.0 Å². The van der Waals surface area contributed by atoms with Crippen molar-refractivity contribution in [2.75, 3.05) is 0 Å². The van der Waals surface area contributed by atoms with E-state index in [1.54, 1.807) is 0 Å². The van der Waals surface area contributed by atoms with Gasteiger partial charge in [-0.15, -0.1) is 20.4 Å². The van der Waals surface area contributed by atoms with E-state index in [1.165, 1.54) is 11.8 Å². The summed E-state index contributed by atoms with van der Waals surface area (Å²) >= 11 is 7.59. The average molecular weight is 460 g/mol. The molecule has 0 aliphatic rings. The van der Waals surface area contributed by atoms with E-state index in [0.29, 0.717) is 16.8 Å². The molecule has 0 saturated heterocycles. The van der Waals surface area contributed by atoms with Gasteiger partial charge in [0.15, 0.2) is 11.0 Å². The van der Waals surface area contributed by atoms with Crippen LogP contribution in [-0.2, 0) is 0 Å². The fourth-order valence-electron chi connectivity index (χ4n) is 3.25. The molecule has 0 spiro atoms. The number of halogens is 1. The zero-order valence-corrected chi connectivity index (χ0v) is 18.7. The van der Waals surface area contributed by atoms with Crippen LogP contribution in [0.4, 0.5) is 0 Å². The maximum Gasteiger partial charge on any atom is 0.247 e. The van der Waals surface area contributed by atoms with E-state index in [-0.39, 0.29) is 5.25 Å². The minimum atomic E-state index is -0.121. The summed E-state index contributed by atoms with van der Waals surface area (Å²) in [4.78, 5) is 0. The first-order chi connectivity index (χ1) is 15.7. The smallest absolute Gasteiger partial charge is 0.247 e. The van der Waals surface area contributed by atoms with Gasteiger partial charge in [-0.1, -0.05) is 59.8 Å². The van der Waals surface area contributed by atoms with Crippen molar-refractivity contribution in [3.63, 3.8) is 0 Å². The molecule has 0 bridgehead atoms. The molecule has 6 nitrogen and oxygen atoms in total. The predicted molar refractivity (Wildman–Crippen MR) is 126 cm³/mol. The van der Waals surface area contributed by atoms with Gasteiger partial charge in [0.2, 0.25) is 11.8 Å². The number of benzene rings is 3. The number of hydrogen-bond acceptors (Lipinski definition) is 6. The van der Waals surface area contributed by atoms with Gasteiger partial charge in [-0.3, -0.25) is 4.57 Å². The molecule has 5 rings (SSSR count). The predicted octanol–water partition coefficient (Wildman–Crippen LogP) is 6.49. The van der Waals surface area contributed by atoms with E-state index >= 15 is 0 Å². The molecule has 2 aromatic heterocycles. The highest BCUT2D eigenvalue weighted by Gasteiger charge is 2.22. The molecule has 8 heteroatoms. The second-order valence-electron chi connectivity index (χ2n) is 7.06. The first kappa shape index (κ1) is 20.5. The van der Waals surface area contributed by atoms with E-state index in [4.69, 9.17) is 16.0 Å². The Morgan fingerprint density at radius 3 is 2.19 bits per heavy atom. The van der Waals surface area contributed by atoms with Gasteiger partial charge >= 0.3 is 0 Å². The van der Waals surface area contributed by atoms with Crippen molar-refractivity contribution < 1.29 is 4.42 Å². The quantitative estimate of drug-likeness (QED) is 0.270. The second-order valence-corrected chi connectivity index (χ2v) is 8.80. The Bertz CT molecular complexity index is 1320. The first-order valence-electron chi connectivity index (χ1n) is 10.0. The van der Waals surface area contributed by atoms with Crippen LogP contribution in [0, 0.1) is 0 Å². The van der Waals surface area contributed by atoms with Gasteiger partial charge in [-0.2, -0.15) is 0 Å². The molecule has 1 atom stereocenters. The molecule has 1 unspecified atom stereocenters. The zero-order valence-electron chi connectivity index (χ0n) is 17.1. The first-order valence-corrected chi connectivity index (χ1v) is 11.3. The Balaban J connectivity index is 1.49. The molecule has 0 aliphatic carbocycles. The Morgan fingerprint density at radius 2 is 1.47 bits per heavy atom. The number of hydrogen-bond donors (Lipinski definition) is 0. The summed E-state index contributed by atoms with van der Waals surface area (Å²) < 4.78 is 7.97. The van der Waals surface area contributed by atoms with Crippen LogP contribution in [-0.4, -0.2) is 25.0 Å². The highest BCUT2D eigenvalue weighted by Crippen LogP contribution is 2.37. The second kappa shape index (κ2) is 8.98. The third-order valence-corrected chi connectivity index (χ3v) is 6.12. The van der Waals surface area contributed by atoms with Gasteiger partial charge in [-0.25, -0.2) is 0 Å². The summed E-state index contributed by atoms with van der Waals surface area (Å²) in [6.45, 7) is 2.01. The Kier molecular flexibility index (Phi) is 5.75. The Morgan fingerprint density at radius 1 is 0.781 bits per heavy atom. The molecule has 0 radical (unpaired) electrons. The molecule has 32 heavy (non-hydrogen) atoms. The summed E-state index contributed by atoms with van der Waals surface area (Å²) in [5, 5.41) is 18.7. The van der Waals surface area contributed by atoms with Crippen LogP contribution in [0.15, 0.2) is 94.5 Å². The molecular weight excluding hydrogens is 442 g/mol. The van der Waals surface area contributed by atoms with Crippen LogP contribution in [0.2, 0.25) is 5.02 Å². The highest BCUT2D eigenvalue weighted by atomic mass is 35.5. The summed E-state index contributed by atoms with van der Waals surface area (Å²) in [7, 11) is 0. The largest absolute Gasteiger partial charge is 0.419 e. The van der Waals surface area contributed by atoms with Crippen molar-refractivity contribution in [2.24, 2.45) is 0 Å². The number of nitrogens with zero attached hydrogens (tertiary/aromatic N) is 5. The lowest BCUT2D eigenvalue weighted by molar-refractivity contribution is 0.509. The molecule has 0 N–H and O–H groups in total. The van der Waals surface area contributed by atoms with Crippen LogP contribution in [0.3, 0.4) is 0 Å². The maximum absolute atomic E-state index is 6.07. The van der Waals surface area contributed by atoms with Gasteiger partial charge in [-0.05, 0) is 55.5 Å². The molecule has 0 aliphatic heterocycles. The van der Waals surface area contributed by atoms with Gasteiger partial charge in [0.1, 0.15) is 0 Å². The molecule has 158 valence electrons. The molecule has 5 aromatic rings. The molecule has 0 fully saturated rings. The number of aromatic nitrogens is 5. The Hall–Kier alpha value is -3.42. The number of para-hydroxylation sites is 1. The van der Waals surface area contributed by atoms with Crippen molar-refractivity contribution in [3.05, 3.63) is 95.8 Å². The normalized spacial score (nSPS) is 12.1. The van der Waals surface area contributed by atoms with E-state index in [1.807, 2.05) is 96.4 Å². The number of thioether (sulfide) groups is 1. The lowest BCUT2D eigenvalue weighted by Crippen LogP contribution is -2.00. The molecule has 0 amide bonds. The standard InChI is InChI=1S/C24H18ClN5OS/c1-16(22-27-28-23(31-22)18-8-4-2-5-9-18)32-24-29-26-21(17-12-14-19(25)15-13-17)30(24)20-10-6-3-7-11-20/h2-16H,1H3. The monoisotopic (exact) mass is 459 g/mol. The van der Waals surface area contributed by atoms with Crippen molar-refractivity contribution in [1.29, 1.82) is 0 Å². The minimum Gasteiger partial charge on any atom is -0.419 e. The van der Waals surface area contributed by atoms with Gasteiger partial charge in [0, 0.05) is 21.8 Å². The van der Waals surface area contributed by atoms with Gasteiger partial charge < -0.3 is 4.42 Å². The fraction of sp³-hybridized carbons (Fsp3) is 0.0833. The highest BCUT2D eigenvalue weighted by molar-refractivity contribution is 7.99. The lowest BCUT2D eigenvalue weighted by Gasteiger charge is -2.12. The molecular formula is C24H18ClN5OS. The molecule has 3 aromatic carbocycles. The Labute approximate surface area is 194 Å². The van der Waals surface area contributed by atoms with E-state index in [0.717, 1.165) is 27.8 Å². The third kappa shape index (κ3) is 4.17. The lowest BCUT2D eigenvalue weighted by atomic mass is 10.2. The molecule has 0 saturated carbocycles. The third-order valence-electron chi connectivity index (χ3n) is 4.84. The van der Waals surface area contributed by atoms with Crippen LogP contribution in [0.5, 0.6) is 0 Å². The van der Waals surface area contributed by atoms with Gasteiger partial charge in [0.05, 0.1) is 5.25 Å². The van der Waals surface area contributed by atoms with Crippen molar-refractivity contribution in [2.45, 2.75) is 17.3 Å². The van der Waals surface area contributed by atoms with E-state index < -0.39 is 0 Å². The minimum absolute atomic E-state index is 0.121. The number of rotatable bonds is 6. The van der Waals surface area contributed by atoms with E-state index in [9.17, 15) is 0 Å². The van der Waals surface area contributed by atoms with Crippen LogP contribution < -0.4 is 0 Å². The summed E-state index contributed by atoms with van der Waals surface area (Å²) in [6, 6.07) is 27.3.